The molecule has 0 unspecified atom stereocenters. The third-order valence-corrected chi connectivity index (χ3v) is 5.13. The van der Waals surface area contributed by atoms with Crippen LogP contribution >= 0.6 is 11.3 Å². The second-order valence-electron chi connectivity index (χ2n) is 6.56. The highest BCUT2D eigenvalue weighted by atomic mass is 32.1. The van der Waals surface area contributed by atoms with Crippen LogP contribution in [0.5, 0.6) is 0 Å². The maximum atomic E-state index is 12.5. The van der Waals surface area contributed by atoms with Crippen LogP contribution < -0.4 is 5.32 Å². The number of nitrogens with one attached hydrogen (secondary N) is 2. The van der Waals surface area contributed by atoms with Gasteiger partial charge in [0.2, 0.25) is 0 Å². The second-order valence-corrected chi connectivity index (χ2v) is 7.41. The number of carbonyl (C=O) groups excluding carboxylic acids is 2. The number of hydrogen-bond donors (Lipinski definition) is 2. The molecule has 0 saturated heterocycles. The van der Waals surface area contributed by atoms with Crippen molar-refractivity contribution in [2.45, 2.75) is 34.3 Å². The lowest BCUT2D eigenvalue weighted by Crippen LogP contribution is -2.09. The fraction of sp³-hybridized carbons (Fsp3) is 0.286. The van der Waals surface area contributed by atoms with E-state index in [1.54, 1.807) is 20.8 Å². The van der Waals surface area contributed by atoms with Gasteiger partial charge in [-0.2, -0.15) is 0 Å². The maximum Gasteiger partial charge on any atom is 0.355 e. The van der Waals surface area contributed by atoms with E-state index in [0.29, 0.717) is 22.5 Å². The SMILES string of the molecule is CCOC(=O)c1c(C)[nH]c(C(=O)OCc2csc(Nc3ccc(C)cc3)n2)c1C. The zero-order valence-electron chi connectivity index (χ0n) is 16.8. The van der Waals surface area contributed by atoms with Crippen molar-refractivity contribution in [1.29, 1.82) is 0 Å². The highest BCUT2D eigenvalue weighted by Gasteiger charge is 2.23. The number of aromatic amines is 1. The first-order valence-electron chi connectivity index (χ1n) is 9.20. The summed E-state index contributed by atoms with van der Waals surface area (Å²) in [5.41, 5.74) is 4.48. The van der Waals surface area contributed by atoms with Gasteiger partial charge in [-0.15, -0.1) is 11.3 Å². The number of benzene rings is 1. The van der Waals surface area contributed by atoms with E-state index in [0.717, 1.165) is 10.8 Å². The Bertz CT molecular complexity index is 1020. The normalized spacial score (nSPS) is 10.6. The van der Waals surface area contributed by atoms with E-state index in [1.807, 2.05) is 36.6 Å². The van der Waals surface area contributed by atoms with Gasteiger partial charge in [0.25, 0.3) is 0 Å². The Kier molecular flexibility index (Phi) is 6.33. The topological polar surface area (TPSA) is 93.3 Å². The molecule has 0 spiro atoms. The predicted octanol–water partition coefficient (Wildman–Crippen LogP) is 4.67. The molecule has 0 atom stereocenters. The molecule has 2 N–H and O–H groups in total. The first-order valence-corrected chi connectivity index (χ1v) is 10.1. The molecular weight excluding hydrogens is 390 g/mol. The smallest absolute Gasteiger partial charge is 0.355 e. The van der Waals surface area contributed by atoms with Gasteiger partial charge in [-0.05, 0) is 45.4 Å². The number of aromatic nitrogens is 2. The average molecular weight is 413 g/mol. The molecule has 0 radical (unpaired) electrons. The molecule has 2 aromatic heterocycles. The minimum absolute atomic E-state index is 0.0388. The summed E-state index contributed by atoms with van der Waals surface area (Å²) in [5, 5.41) is 5.78. The number of ether oxygens (including phenoxy) is 2. The quantitative estimate of drug-likeness (QED) is 0.547. The molecule has 3 aromatic rings. The van der Waals surface area contributed by atoms with Crippen LogP contribution in [0, 0.1) is 20.8 Å². The van der Waals surface area contributed by atoms with E-state index in [2.05, 4.69) is 15.3 Å². The van der Waals surface area contributed by atoms with Crippen molar-refractivity contribution in [3.8, 4) is 0 Å². The molecule has 0 fully saturated rings. The van der Waals surface area contributed by atoms with Gasteiger partial charge in [0.1, 0.15) is 12.3 Å². The predicted molar refractivity (Wildman–Crippen MR) is 112 cm³/mol. The van der Waals surface area contributed by atoms with Crippen LogP contribution in [0.2, 0.25) is 0 Å². The van der Waals surface area contributed by atoms with E-state index in [4.69, 9.17) is 9.47 Å². The Balaban J connectivity index is 1.63. The van der Waals surface area contributed by atoms with Gasteiger partial charge in [-0.3, -0.25) is 0 Å². The van der Waals surface area contributed by atoms with Gasteiger partial charge in [0.05, 0.1) is 17.9 Å². The molecule has 8 heteroatoms. The fourth-order valence-electron chi connectivity index (χ4n) is 2.87. The summed E-state index contributed by atoms with van der Waals surface area (Å²) in [6, 6.07) is 8.00. The highest BCUT2D eigenvalue weighted by Crippen LogP contribution is 2.23. The zero-order chi connectivity index (χ0) is 21.0. The Morgan fingerprint density at radius 3 is 2.52 bits per heavy atom. The molecule has 0 aliphatic carbocycles. The molecule has 7 nitrogen and oxygen atoms in total. The standard InChI is InChI=1S/C21H23N3O4S/c1-5-27-19(25)17-13(3)18(22-14(17)4)20(26)28-10-16-11-29-21(24-16)23-15-8-6-12(2)7-9-15/h6-9,11,22H,5,10H2,1-4H3,(H,23,24). The van der Waals surface area contributed by atoms with E-state index in [1.165, 1.54) is 16.9 Å². The lowest BCUT2D eigenvalue weighted by Gasteiger charge is -2.04. The van der Waals surface area contributed by atoms with Crippen molar-refractivity contribution >= 4 is 34.1 Å². The molecule has 29 heavy (non-hydrogen) atoms. The van der Waals surface area contributed by atoms with Gasteiger partial charge in [0.15, 0.2) is 5.13 Å². The molecular formula is C21H23N3O4S. The van der Waals surface area contributed by atoms with Gasteiger partial charge in [-0.1, -0.05) is 17.7 Å². The summed E-state index contributed by atoms with van der Waals surface area (Å²) in [6.07, 6.45) is 0. The number of thiazole rings is 1. The summed E-state index contributed by atoms with van der Waals surface area (Å²) in [5.74, 6) is -0.994. The number of esters is 2. The first-order chi connectivity index (χ1) is 13.9. The van der Waals surface area contributed by atoms with Gasteiger partial charge in [0, 0.05) is 16.8 Å². The average Bonchev–Trinajstić information content (AvgIpc) is 3.25. The number of aryl methyl sites for hydroxylation is 2. The van der Waals surface area contributed by atoms with E-state index in [9.17, 15) is 9.59 Å². The molecule has 0 saturated carbocycles. The third-order valence-electron chi connectivity index (χ3n) is 4.33. The summed E-state index contributed by atoms with van der Waals surface area (Å²) < 4.78 is 10.4. The largest absolute Gasteiger partial charge is 0.462 e. The zero-order valence-corrected chi connectivity index (χ0v) is 17.6. The molecule has 0 aliphatic rings. The molecule has 0 aliphatic heterocycles. The van der Waals surface area contributed by atoms with Crippen LogP contribution in [0.4, 0.5) is 10.8 Å². The molecule has 1 aromatic carbocycles. The van der Waals surface area contributed by atoms with Crippen molar-refractivity contribution < 1.29 is 19.1 Å². The van der Waals surface area contributed by atoms with Crippen LogP contribution in [0.15, 0.2) is 29.6 Å². The Labute approximate surface area is 173 Å². The summed E-state index contributed by atoms with van der Waals surface area (Å²) in [6.45, 7) is 7.49. The highest BCUT2D eigenvalue weighted by molar-refractivity contribution is 7.13. The first kappa shape index (κ1) is 20.6. The van der Waals surface area contributed by atoms with Gasteiger partial charge >= 0.3 is 11.9 Å². The van der Waals surface area contributed by atoms with E-state index in [-0.39, 0.29) is 18.9 Å². The van der Waals surface area contributed by atoms with E-state index < -0.39 is 11.9 Å². The minimum atomic E-state index is -0.540. The van der Waals surface area contributed by atoms with Crippen LogP contribution in [-0.4, -0.2) is 28.5 Å². The van der Waals surface area contributed by atoms with Crippen molar-refractivity contribution in [2.75, 3.05) is 11.9 Å². The van der Waals surface area contributed by atoms with Crippen LogP contribution in [0.25, 0.3) is 0 Å². The Morgan fingerprint density at radius 2 is 1.83 bits per heavy atom. The number of nitrogens with zero attached hydrogens (tertiary/aromatic N) is 1. The van der Waals surface area contributed by atoms with Crippen molar-refractivity contribution in [1.82, 2.24) is 9.97 Å². The molecule has 0 amide bonds. The minimum Gasteiger partial charge on any atom is -0.462 e. The molecule has 152 valence electrons. The summed E-state index contributed by atoms with van der Waals surface area (Å²) in [4.78, 5) is 31.9. The van der Waals surface area contributed by atoms with Gasteiger partial charge < -0.3 is 19.8 Å². The third kappa shape index (κ3) is 4.83. The summed E-state index contributed by atoms with van der Waals surface area (Å²) >= 11 is 1.43. The van der Waals surface area contributed by atoms with Crippen molar-refractivity contribution in [2.24, 2.45) is 0 Å². The van der Waals surface area contributed by atoms with Crippen LogP contribution in [0.1, 0.15) is 50.3 Å². The number of hydrogen-bond acceptors (Lipinski definition) is 7. The summed E-state index contributed by atoms with van der Waals surface area (Å²) in [7, 11) is 0. The van der Waals surface area contributed by atoms with Crippen molar-refractivity contribution in [3.05, 3.63) is 63.4 Å². The monoisotopic (exact) mass is 413 g/mol. The van der Waals surface area contributed by atoms with E-state index >= 15 is 0 Å². The fourth-order valence-corrected chi connectivity index (χ4v) is 3.58. The number of H-pyrrole nitrogens is 1. The maximum absolute atomic E-state index is 12.5. The molecule has 0 bridgehead atoms. The Morgan fingerprint density at radius 1 is 1.10 bits per heavy atom. The second kappa shape index (κ2) is 8.91. The van der Waals surface area contributed by atoms with Crippen LogP contribution in [-0.2, 0) is 16.1 Å². The lowest BCUT2D eigenvalue weighted by atomic mass is 10.1. The molecule has 3 rings (SSSR count). The number of anilines is 2. The number of rotatable bonds is 7. The lowest BCUT2D eigenvalue weighted by molar-refractivity contribution is 0.0461. The van der Waals surface area contributed by atoms with Gasteiger partial charge in [-0.25, -0.2) is 14.6 Å². The molecule has 2 heterocycles. The van der Waals surface area contributed by atoms with Crippen molar-refractivity contribution in [3.63, 3.8) is 0 Å². The number of carbonyl (C=O) groups is 2. The van der Waals surface area contributed by atoms with Crippen LogP contribution in [0.3, 0.4) is 0 Å². The Hall–Kier alpha value is -3.13.